The Balaban J connectivity index is 1.54. The molecule has 1 aromatic heterocycles. The van der Waals surface area contributed by atoms with Gasteiger partial charge in [0.15, 0.2) is 0 Å². The zero-order valence-corrected chi connectivity index (χ0v) is 25.0. The van der Waals surface area contributed by atoms with E-state index in [0.717, 1.165) is 26.3 Å². The fraction of sp³-hybridized carbons (Fsp3) is 0.387. The minimum atomic E-state index is -4.62. The number of anilines is 1. The summed E-state index contributed by atoms with van der Waals surface area (Å²) in [5.41, 5.74) is -3.16. The molecule has 0 spiro atoms. The zero-order chi connectivity index (χ0) is 32.8. The Labute approximate surface area is 255 Å². The number of carbonyl (C=O) groups excluding carboxylic acids is 3. The van der Waals surface area contributed by atoms with Crippen LogP contribution in [-0.4, -0.2) is 57.4 Å². The third-order valence-electron chi connectivity index (χ3n) is 7.53. The van der Waals surface area contributed by atoms with E-state index in [1.165, 1.54) is 41.3 Å². The van der Waals surface area contributed by atoms with Crippen LogP contribution in [0.5, 0.6) is 0 Å². The van der Waals surface area contributed by atoms with Gasteiger partial charge in [0.25, 0.3) is 5.56 Å². The summed E-state index contributed by atoms with van der Waals surface area (Å²) in [5, 5.41) is 0. The van der Waals surface area contributed by atoms with Crippen LogP contribution in [0.2, 0.25) is 0 Å². The van der Waals surface area contributed by atoms with Gasteiger partial charge in [0, 0.05) is 18.4 Å². The summed E-state index contributed by atoms with van der Waals surface area (Å²) in [6, 6.07) is 7.99. The molecule has 1 fully saturated rings. The largest absolute Gasteiger partial charge is 0.462 e. The first-order valence-electron chi connectivity index (χ1n) is 14.3. The molecule has 11 nitrogen and oxygen atoms in total. The van der Waals surface area contributed by atoms with E-state index >= 15 is 0 Å². The minimum absolute atomic E-state index is 0.00514. The second kappa shape index (κ2) is 11.6. The number of alkyl halides is 3. The highest BCUT2D eigenvalue weighted by molar-refractivity contribution is 6.03. The van der Waals surface area contributed by atoms with Crippen molar-refractivity contribution in [3.63, 3.8) is 0 Å². The number of halogens is 3. The summed E-state index contributed by atoms with van der Waals surface area (Å²) in [4.78, 5) is 68.0. The fourth-order valence-electron chi connectivity index (χ4n) is 5.60. The lowest BCUT2D eigenvalue weighted by Crippen LogP contribution is -2.44. The first kappa shape index (κ1) is 31.5. The third kappa shape index (κ3) is 5.96. The van der Waals surface area contributed by atoms with Gasteiger partial charge in [-0.2, -0.15) is 13.2 Å². The summed E-state index contributed by atoms with van der Waals surface area (Å²) >= 11 is 0. The maximum atomic E-state index is 13.9. The highest BCUT2D eigenvalue weighted by atomic mass is 19.4. The number of rotatable bonds is 5. The van der Waals surface area contributed by atoms with Gasteiger partial charge in [0.1, 0.15) is 11.2 Å². The molecular formula is C31H31F3N4O7. The van der Waals surface area contributed by atoms with Gasteiger partial charge < -0.3 is 9.47 Å². The molecule has 0 saturated carbocycles. The van der Waals surface area contributed by atoms with Crippen molar-refractivity contribution in [3.8, 4) is 5.69 Å². The van der Waals surface area contributed by atoms with E-state index < -0.39 is 58.3 Å². The maximum Gasteiger partial charge on any atom is 0.418 e. The van der Waals surface area contributed by atoms with Crippen molar-refractivity contribution < 1.29 is 37.0 Å². The summed E-state index contributed by atoms with van der Waals surface area (Å²) in [6.45, 7) is 6.83. The molecular weight excluding hydrogens is 597 g/mol. The van der Waals surface area contributed by atoms with E-state index in [0.29, 0.717) is 5.69 Å². The van der Waals surface area contributed by atoms with Crippen LogP contribution in [0.15, 0.2) is 58.3 Å². The van der Waals surface area contributed by atoms with E-state index in [1.54, 1.807) is 27.7 Å². The molecule has 5 rings (SSSR count). The number of hydrogen-bond acceptors (Lipinski definition) is 7. The molecule has 0 radical (unpaired) electrons. The number of aromatic nitrogens is 2. The molecule has 0 bridgehead atoms. The number of imide groups is 1. The number of ether oxygens (including phenoxy) is 2. The lowest BCUT2D eigenvalue weighted by molar-refractivity contribution is -0.138. The molecule has 45 heavy (non-hydrogen) atoms. The molecule has 14 heteroatoms. The summed E-state index contributed by atoms with van der Waals surface area (Å²) < 4.78 is 53.4. The van der Waals surface area contributed by atoms with Crippen LogP contribution in [0.3, 0.4) is 0 Å². The molecule has 1 atom stereocenters. The molecule has 0 N–H and O–H groups in total. The number of carbonyl (C=O) groups is 3. The van der Waals surface area contributed by atoms with Crippen LogP contribution in [-0.2, 0) is 22.1 Å². The van der Waals surface area contributed by atoms with Crippen LogP contribution in [0.25, 0.3) is 5.69 Å². The smallest absolute Gasteiger partial charge is 0.418 e. The van der Waals surface area contributed by atoms with Crippen molar-refractivity contribution in [3.05, 3.63) is 91.8 Å². The lowest BCUT2D eigenvalue weighted by Gasteiger charge is -2.23. The molecule has 238 valence electrons. The number of amides is 3. The van der Waals surface area contributed by atoms with E-state index in [9.17, 15) is 37.1 Å². The second-order valence-corrected chi connectivity index (χ2v) is 11.6. The molecule has 1 aliphatic heterocycles. The number of benzene rings is 2. The lowest BCUT2D eigenvalue weighted by atomic mass is 10.0. The fourth-order valence-corrected chi connectivity index (χ4v) is 5.60. The van der Waals surface area contributed by atoms with E-state index in [4.69, 9.17) is 9.47 Å². The average molecular weight is 629 g/mol. The van der Waals surface area contributed by atoms with Crippen LogP contribution >= 0.6 is 0 Å². The van der Waals surface area contributed by atoms with Crippen LogP contribution in [0, 0.1) is 0 Å². The third-order valence-corrected chi connectivity index (χ3v) is 7.53. The second-order valence-electron chi connectivity index (χ2n) is 11.6. The Kier molecular flexibility index (Phi) is 8.10. The number of urea groups is 1. The summed E-state index contributed by atoms with van der Waals surface area (Å²) in [7, 11) is 0. The Hall–Kier alpha value is -4.88. The summed E-state index contributed by atoms with van der Waals surface area (Å²) in [5.74, 6) is -0.992. The minimum Gasteiger partial charge on any atom is -0.462 e. The predicted molar refractivity (Wildman–Crippen MR) is 156 cm³/mol. The Morgan fingerprint density at radius 3 is 2.24 bits per heavy atom. The van der Waals surface area contributed by atoms with Crippen molar-refractivity contribution in [2.24, 2.45) is 0 Å². The maximum absolute atomic E-state index is 13.9. The number of fused-ring (bicyclic) bond motifs is 1. The molecule has 3 amide bonds. The SMILES string of the molecule is CCOC(=O)c1cn(-c2ccc(N3CCN(C(=O)OC(C)(C)C)C3=O)cc2)c(=O)n([C@@H]2CCc3c2cccc3C(F)(F)F)c1=O. The quantitative estimate of drug-likeness (QED) is 0.369. The van der Waals surface area contributed by atoms with Gasteiger partial charge in [0.05, 0.1) is 30.4 Å². The number of nitrogens with zero attached hydrogens (tertiary/aromatic N) is 4. The molecule has 0 unspecified atom stereocenters. The molecule has 3 aromatic rings. The van der Waals surface area contributed by atoms with Gasteiger partial charge in [-0.05, 0) is 82.0 Å². The van der Waals surface area contributed by atoms with Crippen LogP contribution in [0.1, 0.15) is 67.2 Å². The van der Waals surface area contributed by atoms with E-state index in [2.05, 4.69) is 0 Å². The van der Waals surface area contributed by atoms with Crippen molar-refractivity contribution >= 4 is 23.8 Å². The van der Waals surface area contributed by atoms with Crippen molar-refractivity contribution in [2.45, 2.75) is 58.4 Å². The van der Waals surface area contributed by atoms with Gasteiger partial charge in [0.2, 0.25) is 0 Å². The van der Waals surface area contributed by atoms with Gasteiger partial charge in [-0.25, -0.2) is 24.1 Å². The van der Waals surface area contributed by atoms with Crippen LogP contribution < -0.4 is 16.1 Å². The molecule has 2 heterocycles. The highest BCUT2D eigenvalue weighted by Gasteiger charge is 2.39. The first-order chi connectivity index (χ1) is 21.1. The van der Waals surface area contributed by atoms with E-state index in [-0.39, 0.29) is 49.4 Å². The Morgan fingerprint density at radius 2 is 1.62 bits per heavy atom. The standard InChI is InChI=1S/C31H31F3N4O7/c1-5-44-26(40)22-17-37(19-11-9-18(10-12-19)35-15-16-36(27(35)41)29(43)45-30(2,3)4)28(42)38(25(22)39)24-14-13-20-21(24)7-6-8-23(20)31(32,33)34/h6-12,17,24H,5,13-16H2,1-4H3/t24-/m1/s1. The van der Waals surface area contributed by atoms with Crippen molar-refractivity contribution in [1.82, 2.24) is 14.0 Å². The monoisotopic (exact) mass is 628 g/mol. The van der Waals surface area contributed by atoms with E-state index in [1.807, 2.05) is 0 Å². The van der Waals surface area contributed by atoms with Gasteiger partial charge in [-0.3, -0.25) is 18.8 Å². The Morgan fingerprint density at radius 1 is 0.956 bits per heavy atom. The Bertz CT molecular complexity index is 1790. The highest BCUT2D eigenvalue weighted by Crippen LogP contribution is 2.41. The van der Waals surface area contributed by atoms with Crippen molar-refractivity contribution in [1.29, 1.82) is 0 Å². The van der Waals surface area contributed by atoms with Crippen LogP contribution in [0.4, 0.5) is 28.4 Å². The molecule has 1 saturated heterocycles. The normalized spacial score (nSPS) is 16.6. The molecule has 1 aliphatic carbocycles. The number of hydrogen-bond donors (Lipinski definition) is 0. The van der Waals surface area contributed by atoms with Gasteiger partial charge in [-0.1, -0.05) is 12.1 Å². The predicted octanol–water partition coefficient (Wildman–Crippen LogP) is 4.91. The van der Waals surface area contributed by atoms with Gasteiger partial charge >= 0.3 is 30.0 Å². The average Bonchev–Trinajstić information content (AvgIpc) is 3.56. The first-order valence-corrected chi connectivity index (χ1v) is 14.3. The molecule has 2 aromatic carbocycles. The molecule has 2 aliphatic rings. The van der Waals surface area contributed by atoms with Crippen molar-refractivity contribution in [2.75, 3.05) is 24.6 Å². The summed E-state index contributed by atoms with van der Waals surface area (Å²) in [6.07, 6.45) is -4.34. The van der Waals surface area contributed by atoms with Gasteiger partial charge in [-0.15, -0.1) is 0 Å². The zero-order valence-electron chi connectivity index (χ0n) is 25.0. The number of esters is 1. The topological polar surface area (TPSA) is 120 Å².